The number of rotatable bonds is 2. The van der Waals surface area contributed by atoms with E-state index in [1.165, 1.54) is 23.1 Å². The maximum Gasteiger partial charge on any atom is 0.338 e. The Morgan fingerprint density at radius 3 is 2.75 bits per heavy atom. The molecule has 2 aromatic heterocycles. The molecule has 16 heavy (non-hydrogen) atoms. The Labute approximate surface area is 91.6 Å². The zero-order chi connectivity index (χ0) is 11.7. The first-order valence-corrected chi connectivity index (χ1v) is 4.67. The van der Waals surface area contributed by atoms with Crippen LogP contribution in [0.2, 0.25) is 0 Å². The van der Waals surface area contributed by atoms with Gasteiger partial charge in [-0.2, -0.15) is 5.10 Å². The first kappa shape index (κ1) is 10.3. The molecule has 0 fully saturated rings. The van der Waals surface area contributed by atoms with Crippen LogP contribution in [0.25, 0.3) is 5.69 Å². The predicted octanol–water partition coefficient (Wildman–Crippen LogP) is 0.977. The molecule has 2 rings (SSSR count). The lowest BCUT2D eigenvalue weighted by atomic mass is 10.2. The third kappa shape index (κ3) is 1.65. The van der Waals surface area contributed by atoms with Gasteiger partial charge >= 0.3 is 5.97 Å². The second-order valence-corrected chi connectivity index (χ2v) is 3.32. The second kappa shape index (κ2) is 3.73. The number of aromatic carboxylic acids is 1. The van der Waals surface area contributed by atoms with Gasteiger partial charge in [0, 0.05) is 6.20 Å². The van der Waals surface area contributed by atoms with Gasteiger partial charge in [-0.1, -0.05) is 0 Å². The highest BCUT2D eigenvalue weighted by atomic mass is 16.4. The summed E-state index contributed by atoms with van der Waals surface area (Å²) in [5.74, 6) is 0.218. The average molecular weight is 218 g/mol. The van der Waals surface area contributed by atoms with Gasteiger partial charge < -0.3 is 5.11 Å². The van der Waals surface area contributed by atoms with Crippen molar-refractivity contribution >= 4 is 5.97 Å². The molecule has 6 nitrogen and oxygen atoms in total. The highest BCUT2D eigenvalue weighted by Crippen LogP contribution is 2.13. The maximum atomic E-state index is 11.0. The van der Waals surface area contributed by atoms with Crippen LogP contribution in [0.3, 0.4) is 0 Å². The Kier molecular flexibility index (Phi) is 2.40. The van der Waals surface area contributed by atoms with Crippen LogP contribution < -0.4 is 0 Å². The van der Waals surface area contributed by atoms with Crippen molar-refractivity contribution in [2.75, 3.05) is 0 Å². The van der Waals surface area contributed by atoms with Crippen molar-refractivity contribution in [1.82, 2.24) is 19.7 Å². The third-order valence-corrected chi connectivity index (χ3v) is 2.13. The standard InChI is InChI=1S/C10H10N4O2/c1-6-12-7(2)14(13-6)9-5-11-4-3-8(9)10(15)16/h3-5H,1-2H3,(H,15,16). The Balaban J connectivity index is 2.64. The molecule has 0 saturated carbocycles. The summed E-state index contributed by atoms with van der Waals surface area (Å²) >= 11 is 0. The minimum atomic E-state index is -1.01. The van der Waals surface area contributed by atoms with Crippen LogP contribution in [0, 0.1) is 13.8 Å². The topological polar surface area (TPSA) is 80.9 Å². The van der Waals surface area contributed by atoms with Crippen LogP contribution in [0.5, 0.6) is 0 Å². The Morgan fingerprint density at radius 1 is 1.44 bits per heavy atom. The molecule has 0 atom stereocenters. The zero-order valence-electron chi connectivity index (χ0n) is 8.88. The summed E-state index contributed by atoms with van der Waals surface area (Å²) in [6.45, 7) is 3.51. The van der Waals surface area contributed by atoms with E-state index < -0.39 is 5.97 Å². The molecule has 2 heterocycles. The van der Waals surface area contributed by atoms with Crippen molar-refractivity contribution in [3.05, 3.63) is 35.7 Å². The van der Waals surface area contributed by atoms with Gasteiger partial charge in [0.2, 0.25) is 0 Å². The molecule has 0 saturated heterocycles. The van der Waals surface area contributed by atoms with Crippen molar-refractivity contribution < 1.29 is 9.90 Å². The molecule has 82 valence electrons. The third-order valence-electron chi connectivity index (χ3n) is 2.13. The second-order valence-electron chi connectivity index (χ2n) is 3.32. The molecular formula is C10H10N4O2. The summed E-state index contributed by atoms with van der Waals surface area (Å²) in [4.78, 5) is 19.0. The van der Waals surface area contributed by atoms with E-state index in [-0.39, 0.29) is 5.56 Å². The van der Waals surface area contributed by atoms with Crippen LogP contribution in [-0.4, -0.2) is 30.8 Å². The molecule has 0 aromatic carbocycles. The lowest BCUT2D eigenvalue weighted by Gasteiger charge is -2.05. The highest BCUT2D eigenvalue weighted by molar-refractivity contribution is 5.91. The molecular weight excluding hydrogens is 208 g/mol. The minimum Gasteiger partial charge on any atom is -0.478 e. The van der Waals surface area contributed by atoms with Crippen LogP contribution in [0.15, 0.2) is 18.5 Å². The monoisotopic (exact) mass is 218 g/mol. The summed E-state index contributed by atoms with van der Waals surface area (Å²) < 4.78 is 1.48. The molecule has 0 aliphatic heterocycles. The summed E-state index contributed by atoms with van der Waals surface area (Å²) in [5, 5.41) is 13.2. The Bertz CT molecular complexity index is 548. The summed E-state index contributed by atoms with van der Waals surface area (Å²) in [6.07, 6.45) is 2.90. The fourth-order valence-corrected chi connectivity index (χ4v) is 1.48. The lowest BCUT2D eigenvalue weighted by molar-refractivity contribution is 0.0696. The van der Waals surface area contributed by atoms with E-state index in [4.69, 9.17) is 5.11 Å². The van der Waals surface area contributed by atoms with Crippen LogP contribution >= 0.6 is 0 Å². The average Bonchev–Trinajstić information content (AvgIpc) is 2.57. The van der Waals surface area contributed by atoms with E-state index in [0.29, 0.717) is 17.3 Å². The summed E-state index contributed by atoms with van der Waals surface area (Å²) in [6, 6.07) is 1.44. The number of carboxylic acids is 1. The molecule has 0 aliphatic carbocycles. The van der Waals surface area contributed by atoms with Gasteiger partial charge in [0.1, 0.15) is 11.6 Å². The molecule has 2 aromatic rings. The van der Waals surface area contributed by atoms with E-state index in [2.05, 4.69) is 15.1 Å². The Morgan fingerprint density at radius 2 is 2.19 bits per heavy atom. The van der Waals surface area contributed by atoms with Gasteiger partial charge in [-0.15, -0.1) is 0 Å². The number of hydrogen-bond donors (Lipinski definition) is 1. The number of pyridine rings is 1. The number of hydrogen-bond acceptors (Lipinski definition) is 4. The molecule has 1 N–H and O–H groups in total. The van der Waals surface area contributed by atoms with E-state index >= 15 is 0 Å². The van der Waals surface area contributed by atoms with Gasteiger partial charge in [0.05, 0.1) is 17.4 Å². The van der Waals surface area contributed by atoms with Crippen molar-refractivity contribution in [3.8, 4) is 5.69 Å². The first-order valence-electron chi connectivity index (χ1n) is 4.67. The highest BCUT2D eigenvalue weighted by Gasteiger charge is 2.14. The fourth-order valence-electron chi connectivity index (χ4n) is 1.48. The van der Waals surface area contributed by atoms with Crippen LogP contribution in [0.4, 0.5) is 0 Å². The van der Waals surface area contributed by atoms with Gasteiger partial charge in [0.15, 0.2) is 0 Å². The number of aryl methyl sites for hydroxylation is 2. The zero-order valence-corrected chi connectivity index (χ0v) is 8.88. The first-order chi connectivity index (χ1) is 7.59. The number of carbonyl (C=O) groups is 1. The van der Waals surface area contributed by atoms with Gasteiger partial charge in [0.25, 0.3) is 0 Å². The smallest absolute Gasteiger partial charge is 0.338 e. The summed E-state index contributed by atoms with van der Waals surface area (Å²) in [5.41, 5.74) is 0.580. The van der Waals surface area contributed by atoms with Crippen LogP contribution in [-0.2, 0) is 0 Å². The van der Waals surface area contributed by atoms with E-state index in [0.717, 1.165) is 0 Å². The number of nitrogens with zero attached hydrogens (tertiary/aromatic N) is 4. The molecule has 0 radical (unpaired) electrons. The quantitative estimate of drug-likeness (QED) is 0.812. The maximum absolute atomic E-state index is 11.0. The normalized spacial score (nSPS) is 10.4. The number of aromatic nitrogens is 4. The van der Waals surface area contributed by atoms with E-state index in [1.54, 1.807) is 13.8 Å². The van der Waals surface area contributed by atoms with Crippen molar-refractivity contribution in [1.29, 1.82) is 0 Å². The van der Waals surface area contributed by atoms with Gasteiger partial charge in [-0.25, -0.2) is 14.5 Å². The van der Waals surface area contributed by atoms with Crippen molar-refractivity contribution in [2.24, 2.45) is 0 Å². The van der Waals surface area contributed by atoms with Crippen molar-refractivity contribution in [2.45, 2.75) is 13.8 Å². The van der Waals surface area contributed by atoms with E-state index in [9.17, 15) is 4.79 Å². The lowest BCUT2D eigenvalue weighted by Crippen LogP contribution is -2.08. The Hall–Kier alpha value is -2.24. The largest absolute Gasteiger partial charge is 0.478 e. The number of carboxylic acid groups (broad SMARTS) is 1. The molecule has 0 aliphatic rings. The van der Waals surface area contributed by atoms with Gasteiger partial charge in [-0.05, 0) is 19.9 Å². The molecule has 0 amide bonds. The van der Waals surface area contributed by atoms with E-state index in [1.807, 2.05) is 0 Å². The SMILES string of the molecule is Cc1nc(C)n(-c2cnccc2C(=O)O)n1. The van der Waals surface area contributed by atoms with Gasteiger partial charge in [-0.3, -0.25) is 4.98 Å². The molecule has 6 heteroatoms. The molecule has 0 spiro atoms. The predicted molar refractivity (Wildman–Crippen MR) is 55.6 cm³/mol. The van der Waals surface area contributed by atoms with Crippen molar-refractivity contribution in [3.63, 3.8) is 0 Å². The minimum absolute atomic E-state index is 0.156. The summed E-state index contributed by atoms with van der Waals surface area (Å²) in [7, 11) is 0. The molecule has 0 bridgehead atoms. The fraction of sp³-hybridized carbons (Fsp3) is 0.200. The molecule has 0 unspecified atom stereocenters. The van der Waals surface area contributed by atoms with Crippen LogP contribution in [0.1, 0.15) is 22.0 Å².